The summed E-state index contributed by atoms with van der Waals surface area (Å²) in [4.78, 5) is 15.8. The van der Waals surface area contributed by atoms with Gasteiger partial charge in [0.15, 0.2) is 0 Å². The first-order valence-electron chi connectivity index (χ1n) is 7.04. The van der Waals surface area contributed by atoms with Crippen LogP contribution in [0, 0.1) is 13.8 Å². The summed E-state index contributed by atoms with van der Waals surface area (Å²) in [6, 6.07) is 7.02. The van der Waals surface area contributed by atoms with Crippen LogP contribution in [0.25, 0.3) is 0 Å². The lowest BCUT2D eigenvalue weighted by atomic mass is 10.1. The second-order valence-corrected chi connectivity index (χ2v) is 6.90. The predicted octanol–water partition coefficient (Wildman–Crippen LogP) is 5.00. The third-order valence-corrected chi connectivity index (χ3v) is 4.33. The molecule has 2 N–H and O–H groups in total. The molecule has 2 rings (SSSR count). The van der Waals surface area contributed by atoms with Crippen molar-refractivity contribution < 1.29 is 14.6 Å². The molecular weight excluding hydrogens is 440 g/mol. The van der Waals surface area contributed by atoms with Gasteiger partial charge in [-0.2, -0.15) is 0 Å². The van der Waals surface area contributed by atoms with Gasteiger partial charge in [-0.1, -0.05) is 15.9 Å². The molecule has 0 fully saturated rings. The summed E-state index contributed by atoms with van der Waals surface area (Å²) >= 11 is 6.68. The lowest BCUT2D eigenvalue weighted by Gasteiger charge is -2.09. The zero-order valence-electron chi connectivity index (χ0n) is 13.4. The van der Waals surface area contributed by atoms with E-state index in [1.807, 2.05) is 13.8 Å². The van der Waals surface area contributed by atoms with E-state index in [1.54, 1.807) is 30.5 Å². The number of halogens is 2. The van der Waals surface area contributed by atoms with Gasteiger partial charge in [0, 0.05) is 23.3 Å². The number of aliphatic imine (C=N–C) groups is 1. The Morgan fingerprint density at radius 3 is 2.42 bits per heavy atom. The molecule has 0 saturated heterocycles. The summed E-state index contributed by atoms with van der Waals surface area (Å²) in [5, 5.41) is 12.5. The maximum absolute atomic E-state index is 11.3. The molecule has 1 amide bonds. The van der Waals surface area contributed by atoms with Crippen LogP contribution in [0.5, 0.6) is 11.5 Å². The number of phenolic OH excluding ortho intramolecular Hbond substituents is 1. The van der Waals surface area contributed by atoms with Crippen LogP contribution in [0.4, 0.5) is 10.5 Å². The summed E-state index contributed by atoms with van der Waals surface area (Å²) in [6.45, 7) is 3.76. The highest BCUT2D eigenvalue weighted by Gasteiger charge is 2.09. The highest BCUT2D eigenvalue weighted by atomic mass is 79.9. The van der Waals surface area contributed by atoms with Gasteiger partial charge in [-0.3, -0.25) is 4.99 Å². The number of amides is 1. The van der Waals surface area contributed by atoms with Crippen molar-refractivity contribution in [3.8, 4) is 11.5 Å². The van der Waals surface area contributed by atoms with Crippen LogP contribution in [0.1, 0.15) is 16.7 Å². The fourth-order valence-corrected chi connectivity index (χ4v) is 3.41. The number of hydrogen-bond donors (Lipinski definition) is 2. The molecule has 0 bridgehead atoms. The van der Waals surface area contributed by atoms with E-state index in [1.165, 1.54) is 7.05 Å². The van der Waals surface area contributed by atoms with Gasteiger partial charge in [0.25, 0.3) is 0 Å². The average Bonchev–Trinajstić information content (AvgIpc) is 2.50. The van der Waals surface area contributed by atoms with Crippen molar-refractivity contribution in [3.05, 3.63) is 49.9 Å². The zero-order valence-corrected chi connectivity index (χ0v) is 16.5. The fourth-order valence-electron chi connectivity index (χ4n) is 2.16. The first kappa shape index (κ1) is 18.5. The number of ether oxygens (including phenoxy) is 1. The molecule has 24 heavy (non-hydrogen) atoms. The number of nitrogens with zero attached hydrogens (tertiary/aromatic N) is 1. The van der Waals surface area contributed by atoms with E-state index in [9.17, 15) is 9.90 Å². The number of aromatic hydroxyl groups is 1. The Bertz CT molecular complexity index is 797. The molecule has 0 aromatic heterocycles. The van der Waals surface area contributed by atoms with Crippen LogP contribution in [0.3, 0.4) is 0 Å². The summed E-state index contributed by atoms with van der Waals surface area (Å²) in [5.74, 6) is 0.577. The lowest BCUT2D eigenvalue weighted by molar-refractivity contribution is 0.203. The van der Waals surface area contributed by atoms with Gasteiger partial charge in [-0.15, -0.1) is 0 Å². The number of nitrogens with one attached hydrogen (secondary N) is 1. The maximum atomic E-state index is 11.3. The van der Waals surface area contributed by atoms with Gasteiger partial charge in [-0.05, 0) is 65.2 Å². The largest absolute Gasteiger partial charge is 0.506 e. The van der Waals surface area contributed by atoms with E-state index in [0.717, 1.165) is 21.3 Å². The molecule has 5 nitrogen and oxygen atoms in total. The standard InChI is InChI=1S/C17H16Br2N2O3/c1-9-4-13(24-17(23)20-3)5-10(2)15(9)21-8-11-6-12(18)7-14(19)16(11)22/h4-8,22H,1-3H3,(H,20,23). The van der Waals surface area contributed by atoms with Crippen molar-refractivity contribution in [2.75, 3.05) is 7.05 Å². The third kappa shape index (κ3) is 4.36. The van der Waals surface area contributed by atoms with Gasteiger partial charge in [-0.25, -0.2) is 4.79 Å². The quantitative estimate of drug-likeness (QED) is 0.639. The lowest BCUT2D eigenvalue weighted by Crippen LogP contribution is -2.22. The molecule has 0 aliphatic rings. The number of carbonyl (C=O) groups is 1. The number of phenols is 1. The molecule has 0 unspecified atom stereocenters. The molecular formula is C17H16Br2N2O3. The van der Waals surface area contributed by atoms with E-state index in [0.29, 0.717) is 15.8 Å². The minimum absolute atomic E-state index is 0.122. The van der Waals surface area contributed by atoms with Crippen molar-refractivity contribution >= 4 is 49.9 Å². The van der Waals surface area contributed by atoms with Gasteiger partial charge >= 0.3 is 6.09 Å². The Labute approximate surface area is 157 Å². The van der Waals surface area contributed by atoms with E-state index < -0.39 is 6.09 Å². The molecule has 2 aromatic carbocycles. The third-order valence-electron chi connectivity index (χ3n) is 3.27. The number of hydrogen-bond acceptors (Lipinski definition) is 4. The Morgan fingerprint density at radius 1 is 1.21 bits per heavy atom. The van der Waals surface area contributed by atoms with Crippen LogP contribution in [0.2, 0.25) is 0 Å². The Hall–Kier alpha value is -1.86. The Balaban J connectivity index is 2.35. The fraction of sp³-hybridized carbons (Fsp3) is 0.176. The number of aryl methyl sites for hydroxylation is 2. The topological polar surface area (TPSA) is 70.9 Å². The van der Waals surface area contributed by atoms with Crippen LogP contribution >= 0.6 is 31.9 Å². The van der Waals surface area contributed by atoms with Crippen molar-refractivity contribution in [1.82, 2.24) is 5.32 Å². The number of carbonyl (C=O) groups excluding carboxylic acids is 1. The van der Waals surface area contributed by atoms with Gasteiger partial charge < -0.3 is 15.2 Å². The Kier molecular flexibility index (Phi) is 6.01. The molecule has 0 atom stereocenters. The van der Waals surface area contributed by atoms with E-state index in [-0.39, 0.29) is 5.75 Å². The van der Waals surface area contributed by atoms with Crippen LogP contribution in [0.15, 0.2) is 38.2 Å². The van der Waals surface area contributed by atoms with Gasteiger partial charge in [0.05, 0.1) is 10.2 Å². The highest BCUT2D eigenvalue weighted by molar-refractivity contribution is 9.11. The highest BCUT2D eigenvalue weighted by Crippen LogP contribution is 2.32. The first-order chi connectivity index (χ1) is 11.3. The monoisotopic (exact) mass is 454 g/mol. The van der Waals surface area contributed by atoms with Gasteiger partial charge in [0.1, 0.15) is 11.5 Å². The Morgan fingerprint density at radius 2 is 1.83 bits per heavy atom. The van der Waals surface area contributed by atoms with Crippen LogP contribution in [-0.2, 0) is 0 Å². The van der Waals surface area contributed by atoms with Crippen LogP contribution in [-0.4, -0.2) is 24.5 Å². The predicted molar refractivity (Wildman–Crippen MR) is 102 cm³/mol. The summed E-state index contributed by atoms with van der Waals surface area (Å²) in [6.07, 6.45) is 1.08. The van der Waals surface area contributed by atoms with Crippen molar-refractivity contribution in [2.24, 2.45) is 4.99 Å². The minimum atomic E-state index is -0.519. The smallest absolute Gasteiger partial charge is 0.412 e. The molecule has 0 aliphatic carbocycles. The van der Waals surface area contributed by atoms with Gasteiger partial charge in [0.2, 0.25) is 0 Å². The van der Waals surface area contributed by atoms with E-state index in [2.05, 4.69) is 42.2 Å². The molecule has 0 heterocycles. The molecule has 2 aromatic rings. The normalized spacial score (nSPS) is 10.9. The first-order valence-corrected chi connectivity index (χ1v) is 8.63. The molecule has 126 valence electrons. The second kappa shape index (κ2) is 7.81. The van der Waals surface area contributed by atoms with Crippen molar-refractivity contribution in [3.63, 3.8) is 0 Å². The summed E-state index contributed by atoms with van der Waals surface area (Å²) in [7, 11) is 1.50. The SMILES string of the molecule is CNC(=O)Oc1cc(C)c(N=Cc2cc(Br)cc(Br)c2O)c(C)c1. The summed E-state index contributed by atoms with van der Waals surface area (Å²) < 4.78 is 6.55. The number of benzene rings is 2. The number of rotatable bonds is 3. The molecule has 0 saturated carbocycles. The van der Waals surface area contributed by atoms with E-state index in [4.69, 9.17) is 4.74 Å². The second-order valence-electron chi connectivity index (χ2n) is 5.13. The van der Waals surface area contributed by atoms with E-state index >= 15 is 0 Å². The van der Waals surface area contributed by atoms with Crippen LogP contribution < -0.4 is 10.1 Å². The molecule has 0 radical (unpaired) electrons. The summed E-state index contributed by atoms with van der Waals surface area (Å²) in [5.41, 5.74) is 3.06. The molecule has 0 aliphatic heterocycles. The average molecular weight is 456 g/mol. The minimum Gasteiger partial charge on any atom is -0.506 e. The van der Waals surface area contributed by atoms with Crippen molar-refractivity contribution in [2.45, 2.75) is 13.8 Å². The van der Waals surface area contributed by atoms with Crippen molar-refractivity contribution in [1.29, 1.82) is 0 Å². The molecule has 0 spiro atoms. The maximum Gasteiger partial charge on any atom is 0.412 e. The zero-order chi connectivity index (χ0) is 17.9. The molecule has 7 heteroatoms.